The molecule has 0 amide bonds. The third kappa shape index (κ3) is 4.86. The van der Waals surface area contributed by atoms with E-state index in [-0.39, 0.29) is 24.0 Å². The van der Waals surface area contributed by atoms with Crippen molar-refractivity contribution in [3.63, 3.8) is 0 Å². The van der Waals surface area contributed by atoms with Crippen LogP contribution in [0.25, 0.3) is 0 Å². The first-order chi connectivity index (χ1) is 10.3. The van der Waals surface area contributed by atoms with Crippen LogP contribution in [0.3, 0.4) is 0 Å². The molecule has 0 aromatic carbocycles. The summed E-state index contributed by atoms with van der Waals surface area (Å²) in [6.07, 6.45) is 13.2. The van der Waals surface area contributed by atoms with Crippen LogP contribution in [0.1, 0.15) is 56.5 Å². The molecule has 1 aliphatic heterocycles. The summed E-state index contributed by atoms with van der Waals surface area (Å²) in [6.45, 7) is 1.85. The number of imidazole rings is 1. The summed E-state index contributed by atoms with van der Waals surface area (Å²) in [5, 5.41) is 3.36. The molecule has 2 heterocycles. The fourth-order valence-electron chi connectivity index (χ4n) is 3.38. The van der Waals surface area contributed by atoms with E-state index in [0.29, 0.717) is 12.0 Å². The van der Waals surface area contributed by atoms with E-state index >= 15 is 0 Å². The predicted molar refractivity (Wildman–Crippen MR) is 101 cm³/mol. The van der Waals surface area contributed by atoms with Gasteiger partial charge in [-0.3, -0.25) is 4.99 Å². The molecular weight excluding hydrogens is 389 g/mol. The standard InChI is InChI=1S/C16H27N5.HI/c17-16(20-13-6-2-1-3-7-13)18-10-9-14-12-21-11-5-4-8-15(21)19-14;/h12-13H,1-11H2,(H3,17,18,20);1H. The Hall–Kier alpha value is -0.790. The predicted octanol–water partition coefficient (Wildman–Crippen LogP) is 2.62. The van der Waals surface area contributed by atoms with Gasteiger partial charge in [0.15, 0.2) is 5.96 Å². The Morgan fingerprint density at radius 2 is 2.09 bits per heavy atom. The van der Waals surface area contributed by atoms with Gasteiger partial charge in [0.1, 0.15) is 5.82 Å². The van der Waals surface area contributed by atoms with Crippen molar-refractivity contribution in [3.8, 4) is 0 Å². The van der Waals surface area contributed by atoms with E-state index in [1.807, 2.05) is 0 Å². The Morgan fingerprint density at radius 3 is 2.86 bits per heavy atom. The van der Waals surface area contributed by atoms with Gasteiger partial charge in [0.2, 0.25) is 0 Å². The maximum Gasteiger partial charge on any atom is 0.188 e. The van der Waals surface area contributed by atoms with Gasteiger partial charge in [-0.2, -0.15) is 0 Å². The number of hydrogen-bond acceptors (Lipinski definition) is 2. The molecule has 0 spiro atoms. The van der Waals surface area contributed by atoms with E-state index in [0.717, 1.165) is 31.6 Å². The number of nitrogens with zero attached hydrogens (tertiary/aromatic N) is 3. The van der Waals surface area contributed by atoms with Crippen LogP contribution in [0.5, 0.6) is 0 Å². The lowest BCUT2D eigenvalue weighted by Gasteiger charge is -2.23. The van der Waals surface area contributed by atoms with Gasteiger partial charge in [0.25, 0.3) is 0 Å². The Labute approximate surface area is 150 Å². The zero-order valence-electron chi connectivity index (χ0n) is 13.3. The van der Waals surface area contributed by atoms with Gasteiger partial charge in [0.05, 0.1) is 5.69 Å². The number of halogens is 1. The summed E-state index contributed by atoms with van der Waals surface area (Å²) < 4.78 is 2.30. The average Bonchev–Trinajstić information content (AvgIpc) is 2.91. The molecule has 0 radical (unpaired) electrons. The van der Waals surface area contributed by atoms with Gasteiger partial charge in [-0.1, -0.05) is 19.3 Å². The van der Waals surface area contributed by atoms with E-state index in [9.17, 15) is 0 Å². The minimum absolute atomic E-state index is 0. The third-order valence-electron chi connectivity index (χ3n) is 4.57. The molecule has 0 bridgehead atoms. The highest BCUT2D eigenvalue weighted by atomic mass is 127. The summed E-state index contributed by atoms with van der Waals surface area (Å²) in [6, 6.07) is 0.530. The number of nitrogens with two attached hydrogens (primary N) is 1. The fourth-order valence-corrected chi connectivity index (χ4v) is 3.38. The quantitative estimate of drug-likeness (QED) is 0.450. The van der Waals surface area contributed by atoms with E-state index < -0.39 is 0 Å². The number of aryl methyl sites for hydroxylation is 2. The van der Waals surface area contributed by atoms with Crippen molar-refractivity contribution in [2.24, 2.45) is 10.7 Å². The number of guanidine groups is 1. The first-order valence-electron chi connectivity index (χ1n) is 8.42. The maximum absolute atomic E-state index is 5.98. The van der Waals surface area contributed by atoms with Crippen molar-refractivity contribution >= 4 is 29.9 Å². The normalized spacial score (nSPS) is 19.4. The molecule has 1 aliphatic carbocycles. The molecule has 22 heavy (non-hydrogen) atoms. The van der Waals surface area contributed by atoms with Crippen molar-refractivity contribution in [1.29, 1.82) is 0 Å². The molecule has 6 heteroatoms. The fraction of sp³-hybridized carbons (Fsp3) is 0.750. The number of aliphatic imine (C=N–C) groups is 1. The Kier molecular flexibility index (Phi) is 6.98. The number of hydrogen-bond donors (Lipinski definition) is 2. The molecular formula is C16H28IN5. The summed E-state index contributed by atoms with van der Waals surface area (Å²) in [5.41, 5.74) is 7.13. The van der Waals surface area contributed by atoms with Gasteiger partial charge in [-0.05, 0) is 25.7 Å². The zero-order valence-corrected chi connectivity index (χ0v) is 15.6. The zero-order chi connectivity index (χ0) is 14.5. The third-order valence-corrected chi connectivity index (χ3v) is 4.57. The summed E-state index contributed by atoms with van der Waals surface area (Å²) in [7, 11) is 0. The second-order valence-electron chi connectivity index (χ2n) is 6.30. The lowest BCUT2D eigenvalue weighted by atomic mass is 9.96. The smallest absolute Gasteiger partial charge is 0.188 e. The summed E-state index contributed by atoms with van der Waals surface area (Å²) >= 11 is 0. The molecule has 1 aromatic heterocycles. The molecule has 0 unspecified atom stereocenters. The van der Waals surface area contributed by atoms with Crippen molar-refractivity contribution in [1.82, 2.24) is 14.9 Å². The van der Waals surface area contributed by atoms with Crippen LogP contribution < -0.4 is 11.1 Å². The van der Waals surface area contributed by atoms with Crippen LogP contribution in [-0.2, 0) is 19.4 Å². The van der Waals surface area contributed by atoms with Crippen LogP contribution in [0.15, 0.2) is 11.2 Å². The topological polar surface area (TPSA) is 68.2 Å². The minimum Gasteiger partial charge on any atom is -0.370 e. The lowest BCUT2D eigenvalue weighted by molar-refractivity contribution is 0.412. The molecule has 1 saturated carbocycles. The second-order valence-corrected chi connectivity index (χ2v) is 6.30. The summed E-state index contributed by atoms with van der Waals surface area (Å²) in [4.78, 5) is 9.15. The molecule has 1 fully saturated rings. The highest BCUT2D eigenvalue weighted by Crippen LogP contribution is 2.17. The minimum atomic E-state index is 0. The van der Waals surface area contributed by atoms with Crippen LogP contribution in [-0.4, -0.2) is 28.1 Å². The number of fused-ring (bicyclic) bond motifs is 1. The lowest BCUT2D eigenvalue weighted by Crippen LogP contribution is -2.41. The van der Waals surface area contributed by atoms with Gasteiger partial charge < -0.3 is 15.6 Å². The van der Waals surface area contributed by atoms with Crippen molar-refractivity contribution in [2.75, 3.05) is 6.54 Å². The number of rotatable bonds is 4. The van der Waals surface area contributed by atoms with E-state index in [2.05, 4.69) is 21.1 Å². The van der Waals surface area contributed by atoms with Crippen molar-refractivity contribution < 1.29 is 0 Å². The molecule has 5 nitrogen and oxygen atoms in total. The Bertz CT molecular complexity index is 467. The number of nitrogens with one attached hydrogen (secondary N) is 1. The Morgan fingerprint density at radius 1 is 1.27 bits per heavy atom. The maximum atomic E-state index is 5.98. The van der Waals surface area contributed by atoms with Crippen LogP contribution in [0.2, 0.25) is 0 Å². The molecule has 124 valence electrons. The van der Waals surface area contributed by atoms with E-state index in [1.165, 1.54) is 50.8 Å². The monoisotopic (exact) mass is 417 g/mol. The van der Waals surface area contributed by atoms with Crippen LogP contribution in [0, 0.1) is 0 Å². The van der Waals surface area contributed by atoms with Crippen molar-refractivity contribution in [3.05, 3.63) is 17.7 Å². The molecule has 1 aromatic rings. The summed E-state index contributed by atoms with van der Waals surface area (Å²) in [5.74, 6) is 1.85. The van der Waals surface area contributed by atoms with Gasteiger partial charge in [-0.15, -0.1) is 24.0 Å². The Balaban J connectivity index is 0.00000176. The highest BCUT2D eigenvalue weighted by molar-refractivity contribution is 14.0. The molecule has 2 aliphatic rings. The largest absolute Gasteiger partial charge is 0.370 e. The highest BCUT2D eigenvalue weighted by Gasteiger charge is 2.14. The SMILES string of the molecule is I.NC(=NCCc1cn2c(n1)CCCC2)NC1CCCCC1. The van der Waals surface area contributed by atoms with Crippen molar-refractivity contribution in [2.45, 2.75) is 70.4 Å². The molecule has 3 rings (SSSR count). The second kappa shape index (κ2) is 8.74. The van der Waals surface area contributed by atoms with Crippen LogP contribution >= 0.6 is 24.0 Å². The molecule has 3 N–H and O–H groups in total. The van der Waals surface area contributed by atoms with Gasteiger partial charge >= 0.3 is 0 Å². The van der Waals surface area contributed by atoms with Gasteiger partial charge in [-0.25, -0.2) is 4.98 Å². The number of aromatic nitrogens is 2. The van der Waals surface area contributed by atoms with E-state index in [1.54, 1.807) is 0 Å². The molecule has 0 saturated heterocycles. The first-order valence-corrected chi connectivity index (χ1v) is 8.42. The van der Waals surface area contributed by atoms with E-state index in [4.69, 9.17) is 10.7 Å². The average molecular weight is 417 g/mol. The van der Waals surface area contributed by atoms with Crippen LogP contribution in [0.4, 0.5) is 0 Å². The molecule has 0 atom stereocenters. The first kappa shape index (κ1) is 17.6. The van der Waals surface area contributed by atoms with Gasteiger partial charge in [0, 0.05) is 38.2 Å².